The quantitative estimate of drug-likeness (QED) is 0.754. The van der Waals surface area contributed by atoms with Gasteiger partial charge in [0.2, 0.25) is 0 Å². The van der Waals surface area contributed by atoms with Crippen LogP contribution in [-0.2, 0) is 5.54 Å². The van der Waals surface area contributed by atoms with E-state index in [1.807, 2.05) is 44.2 Å². The SMILES string of the molecule is CC(C)(N)c1ccccc1.Cl.Cl. The Morgan fingerprint density at radius 1 is 1.00 bits per heavy atom. The van der Waals surface area contributed by atoms with Crippen molar-refractivity contribution in [2.45, 2.75) is 19.4 Å². The normalized spacial score (nSPS) is 9.58. The molecule has 0 aliphatic heterocycles. The zero-order valence-corrected chi connectivity index (χ0v) is 8.91. The second-order valence-corrected chi connectivity index (χ2v) is 3.09. The molecule has 0 atom stereocenters. The van der Waals surface area contributed by atoms with Gasteiger partial charge in [-0.15, -0.1) is 24.8 Å². The molecule has 1 nitrogen and oxygen atoms in total. The molecular formula is C9H15Cl2N. The van der Waals surface area contributed by atoms with Gasteiger partial charge in [-0.25, -0.2) is 0 Å². The molecule has 0 saturated heterocycles. The van der Waals surface area contributed by atoms with Crippen LogP contribution in [0.2, 0.25) is 0 Å². The number of nitrogens with two attached hydrogens (primary N) is 1. The Labute approximate surface area is 86.2 Å². The van der Waals surface area contributed by atoms with E-state index in [4.69, 9.17) is 5.73 Å². The van der Waals surface area contributed by atoms with Gasteiger partial charge in [-0.3, -0.25) is 0 Å². The number of hydrogen-bond acceptors (Lipinski definition) is 1. The lowest BCUT2D eigenvalue weighted by molar-refractivity contribution is 0.554. The zero-order valence-electron chi connectivity index (χ0n) is 7.28. The molecule has 0 bridgehead atoms. The molecule has 0 aromatic heterocycles. The highest BCUT2D eigenvalue weighted by Gasteiger charge is 2.11. The van der Waals surface area contributed by atoms with Crippen LogP contribution in [0.15, 0.2) is 30.3 Å². The fraction of sp³-hybridized carbons (Fsp3) is 0.333. The Kier molecular flexibility index (Phi) is 6.45. The van der Waals surface area contributed by atoms with Crippen molar-refractivity contribution in [3.05, 3.63) is 35.9 Å². The van der Waals surface area contributed by atoms with Crippen molar-refractivity contribution in [3.63, 3.8) is 0 Å². The van der Waals surface area contributed by atoms with Crippen LogP contribution in [0, 0.1) is 0 Å². The topological polar surface area (TPSA) is 26.0 Å². The van der Waals surface area contributed by atoms with E-state index in [0.717, 1.165) is 0 Å². The monoisotopic (exact) mass is 207 g/mol. The van der Waals surface area contributed by atoms with Crippen LogP contribution in [0.5, 0.6) is 0 Å². The van der Waals surface area contributed by atoms with Crippen LogP contribution in [0.1, 0.15) is 19.4 Å². The molecule has 3 heteroatoms. The van der Waals surface area contributed by atoms with Crippen LogP contribution < -0.4 is 5.73 Å². The Hall–Kier alpha value is -0.240. The summed E-state index contributed by atoms with van der Waals surface area (Å²) in [7, 11) is 0. The smallest absolute Gasteiger partial charge is 0.0352 e. The Morgan fingerprint density at radius 3 is 1.67 bits per heavy atom. The highest BCUT2D eigenvalue weighted by molar-refractivity contribution is 5.85. The molecule has 0 aliphatic rings. The molecule has 1 aromatic carbocycles. The molecule has 1 aromatic rings. The van der Waals surface area contributed by atoms with Gasteiger partial charge in [-0.1, -0.05) is 30.3 Å². The minimum Gasteiger partial charge on any atom is -0.322 e. The Morgan fingerprint density at radius 2 is 1.42 bits per heavy atom. The summed E-state index contributed by atoms with van der Waals surface area (Å²) in [5.74, 6) is 0. The first-order valence-electron chi connectivity index (χ1n) is 3.45. The van der Waals surface area contributed by atoms with E-state index < -0.39 is 0 Å². The lowest BCUT2D eigenvalue weighted by atomic mass is 9.96. The maximum atomic E-state index is 5.86. The van der Waals surface area contributed by atoms with E-state index in [2.05, 4.69) is 0 Å². The van der Waals surface area contributed by atoms with Crippen LogP contribution >= 0.6 is 24.8 Å². The molecule has 0 spiro atoms. The van der Waals surface area contributed by atoms with Crippen molar-refractivity contribution in [1.82, 2.24) is 0 Å². The van der Waals surface area contributed by atoms with E-state index in [1.165, 1.54) is 5.56 Å². The largest absolute Gasteiger partial charge is 0.322 e. The molecule has 0 saturated carbocycles. The molecule has 0 radical (unpaired) electrons. The summed E-state index contributed by atoms with van der Waals surface area (Å²) in [6.07, 6.45) is 0. The van der Waals surface area contributed by atoms with Crippen molar-refractivity contribution in [1.29, 1.82) is 0 Å². The predicted molar refractivity (Wildman–Crippen MR) is 58.2 cm³/mol. The molecule has 0 amide bonds. The summed E-state index contributed by atoms with van der Waals surface area (Å²) >= 11 is 0. The molecule has 0 aliphatic carbocycles. The first kappa shape index (κ1) is 14.3. The molecular weight excluding hydrogens is 193 g/mol. The Balaban J connectivity index is 0. The third kappa shape index (κ3) is 3.96. The van der Waals surface area contributed by atoms with Crippen LogP contribution in [0.25, 0.3) is 0 Å². The molecule has 0 unspecified atom stereocenters. The summed E-state index contributed by atoms with van der Waals surface area (Å²) in [6.45, 7) is 4.00. The van der Waals surface area contributed by atoms with Crippen LogP contribution in [0.3, 0.4) is 0 Å². The fourth-order valence-corrected chi connectivity index (χ4v) is 0.868. The zero-order chi connectivity index (χ0) is 7.61. The summed E-state index contributed by atoms with van der Waals surface area (Å²) in [5.41, 5.74) is 6.83. The maximum Gasteiger partial charge on any atom is 0.0352 e. The average Bonchev–Trinajstić information content (AvgIpc) is 1.88. The van der Waals surface area contributed by atoms with Crippen molar-refractivity contribution >= 4 is 24.8 Å². The number of benzene rings is 1. The summed E-state index contributed by atoms with van der Waals surface area (Å²) in [6, 6.07) is 10.1. The average molecular weight is 208 g/mol. The highest BCUT2D eigenvalue weighted by atomic mass is 35.5. The van der Waals surface area contributed by atoms with Crippen molar-refractivity contribution < 1.29 is 0 Å². The maximum absolute atomic E-state index is 5.86. The summed E-state index contributed by atoms with van der Waals surface area (Å²) in [4.78, 5) is 0. The molecule has 0 fully saturated rings. The number of rotatable bonds is 1. The van der Waals surface area contributed by atoms with E-state index in [0.29, 0.717) is 0 Å². The van der Waals surface area contributed by atoms with E-state index in [1.54, 1.807) is 0 Å². The lowest BCUT2D eigenvalue weighted by Gasteiger charge is -2.18. The minimum absolute atomic E-state index is 0. The van der Waals surface area contributed by atoms with E-state index in [9.17, 15) is 0 Å². The highest BCUT2D eigenvalue weighted by Crippen LogP contribution is 2.14. The van der Waals surface area contributed by atoms with E-state index >= 15 is 0 Å². The predicted octanol–water partition coefficient (Wildman–Crippen LogP) is 2.72. The molecule has 12 heavy (non-hydrogen) atoms. The minimum atomic E-state index is -0.207. The lowest BCUT2D eigenvalue weighted by Crippen LogP contribution is -2.28. The van der Waals surface area contributed by atoms with Gasteiger partial charge in [0, 0.05) is 5.54 Å². The Bertz CT molecular complexity index is 204. The standard InChI is InChI=1S/C9H13N.2ClH/c1-9(2,10)8-6-4-3-5-7-8;;/h3-7H,10H2,1-2H3;2*1H. The van der Waals surface area contributed by atoms with E-state index in [-0.39, 0.29) is 30.4 Å². The van der Waals surface area contributed by atoms with Gasteiger partial charge >= 0.3 is 0 Å². The molecule has 2 N–H and O–H groups in total. The number of hydrogen-bond donors (Lipinski definition) is 1. The van der Waals surface area contributed by atoms with Gasteiger partial charge in [0.15, 0.2) is 0 Å². The van der Waals surface area contributed by atoms with Crippen molar-refractivity contribution in [2.75, 3.05) is 0 Å². The van der Waals surface area contributed by atoms with Gasteiger partial charge in [-0.05, 0) is 19.4 Å². The third-order valence-corrected chi connectivity index (χ3v) is 1.52. The van der Waals surface area contributed by atoms with Crippen LogP contribution in [-0.4, -0.2) is 0 Å². The second kappa shape index (κ2) is 5.41. The van der Waals surface area contributed by atoms with Gasteiger partial charge in [0.1, 0.15) is 0 Å². The first-order valence-corrected chi connectivity index (χ1v) is 3.45. The van der Waals surface area contributed by atoms with Gasteiger partial charge in [-0.2, -0.15) is 0 Å². The molecule has 1 rings (SSSR count). The van der Waals surface area contributed by atoms with Crippen LogP contribution in [0.4, 0.5) is 0 Å². The third-order valence-electron chi connectivity index (χ3n) is 1.52. The first-order chi connectivity index (χ1) is 4.61. The van der Waals surface area contributed by atoms with Gasteiger partial charge < -0.3 is 5.73 Å². The molecule has 70 valence electrons. The number of halogens is 2. The van der Waals surface area contributed by atoms with Crippen molar-refractivity contribution in [3.8, 4) is 0 Å². The molecule has 0 heterocycles. The van der Waals surface area contributed by atoms with Crippen molar-refractivity contribution in [2.24, 2.45) is 5.73 Å². The second-order valence-electron chi connectivity index (χ2n) is 3.09. The summed E-state index contributed by atoms with van der Waals surface area (Å²) < 4.78 is 0. The summed E-state index contributed by atoms with van der Waals surface area (Å²) in [5, 5.41) is 0. The van der Waals surface area contributed by atoms with Gasteiger partial charge in [0.25, 0.3) is 0 Å². The fourth-order valence-electron chi connectivity index (χ4n) is 0.868. The van der Waals surface area contributed by atoms with Gasteiger partial charge in [0.05, 0.1) is 0 Å².